The van der Waals surface area contributed by atoms with Crippen LogP contribution in [0.25, 0.3) is 0 Å². The molecule has 3 rings (SSSR count). The van der Waals surface area contributed by atoms with Crippen molar-refractivity contribution in [1.82, 2.24) is 10.2 Å². The van der Waals surface area contributed by atoms with Crippen LogP contribution in [0.4, 0.5) is 4.79 Å². The van der Waals surface area contributed by atoms with Crippen molar-refractivity contribution in [1.29, 1.82) is 0 Å². The predicted molar refractivity (Wildman–Crippen MR) is 112 cm³/mol. The van der Waals surface area contributed by atoms with Gasteiger partial charge in [0.15, 0.2) is 5.66 Å². The third-order valence-corrected chi connectivity index (χ3v) is 6.32. The summed E-state index contributed by atoms with van der Waals surface area (Å²) in [5.74, 6) is 2.72. The first-order valence-corrected chi connectivity index (χ1v) is 10.9. The second-order valence-electron chi connectivity index (χ2n) is 9.73. The summed E-state index contributed by atoms with van der Waals surface area (Å²) < 4.78 is 11.3. The van der Waals surface area contributed by atoms with Crippen molar-refractivity contribution in [3.63, 3.8) is 0 Å². The molecule has 0 aromatic rings. The Morgan fingerprint density at radius 2 is 2.07 bits per heavy atom. The lowest BCUT2D eigenvalue weighted by Crippen LogP contribution is -2.54. The normalized spacial score (nSPS) is 27.0. The van der Waals surface area contributed by atoms with Crippen LogP contribution < -0.4 is 5.32 Å². The summed E-state index contributed by atoms with van der Waals surface area (Å²) >= 11 is 0. The van der Waals surface area contributed by atoms with E-state index in [0.29, 0.717) is 51.9 Å². The molecule has 1 spiro atoms. The molecule has 2 unspecified atom stereocenters. The zero-order chi connectivity index (χ0) is 21.8. The fourth-order valence-corrected chi connectivity index (χ4v) is 4.34. The minimum atomic E-state index is -0.527. The van der Waals surface area contributed by atoms with Crippen molar-refractivity contribution in [2.45, 2.75) is 70.6 Å². The van der Waals surface area contributed by atoms with Gasteiger partial charge in [-0.2, -0.15) is 10.2 Å². The number of piperidine rings is 1. The Labute approximate surface area is 179 Å². The van der Waals surface area contributed by atoms with Crippen molar-refractivity contribution in [2.75, 3.05) is 32.8 Å². The maximum atomic E-state index is 12.6. The molecule has 166 valence electrons. The summed E-state index contributed by atoms with van der Waals surface area (Å²) in [5.41, 5.74) is -0.954. The van der Waals surface area contributed by atoms with Gasteiger partial charge in [-0.05, 0) is 33.6 Å². The van der Waals surface area contributed by atoms with Gasteiger partial charge in [0.25, 0.3) is 0 Å². The number of hydrogen-bond acceptors (Lipinski definition) is 6. The van der Waals surface area contributed by atoms with Crippen molar-refractivity contribution in [2.24, 2.45) is 21.6 Å². The first kappa shape index (κ1) is 22.5. The van der Waals surface area contributed by atoms with Crippen LogP contribution in [0.1, 0.15) is 59.3 Å². The summed E-state index contributed by atoms with van der Waals surface area (Å²) in [4.78, 5) is 26.8. The Hall–Kier alpha value is -2.14. The molecule has 2 amide bonds. The van der Waals surface area contributed by atoms with E-state index in [2.05, 4.69) is 21.5 Å². The topological polar surface area (TPSA) is 92.6 Å². The number of amides is 2. The zero-order valence-corrected chi connectivity index (χ0v) is 18.4. The van der Waals surface area contributed by atoms with Crippen LogP contribution in [-0.4, -0.2) is 61.0 Å². The molecule has 0 radical (unpaired) electrons. The molecule has 3 aliphatic rings. The molecule has 0 aliphatic carbocycles. The fourth-order valence-electron chi connectivity index (χ4n) is 4.34. The molecule has 8 heteroatoms. The third-order valence-electron chi connectivity index (χ3n) is 6.32. The molecule has 30 heavy (non-hydrogen) atoms. The molecule has 2 atom stereocenters. The van der Waals surface area contributed by atoms with E-state index in [0.717, 1.165) is 19.4 Å². The van der Waals surface area contributed by atoms with Crippen LogP contribution in [0.15, 0.2) is 10.2 Å². The molecule has 1 N–H and O–H groups in total. The highest BCUT2D eigenvalue weighted by Crippen LogP contribution is 2.43. The number of nitrogens with zero attached hydrogens (tertiary/aromatic N) is 3. The number of nitrogens with one attached hydrogen (secondary N) is 1. The van der Waals surface area contributed by atoms with Gasteiger partial charge in [-0.25, -0.2) is 4.79 Å². The lowest BCUT2D eigenvalue weighted by molar-refractivity contribution is -0.122. The number of likely N-dealkylation sites (tertiary alicyclic amines) is 1. The van der Waals surface area contributed by atoms with Crippen molar-refractivity contribution in [3.05, 3.63) is 0 Å². The molecule has 8 nitrogen and oxygen atoms in total. The predicted octanol–water partition coefficient (Wildman–Crippen LogP) is 3.12. The van der Waals surface area contributed by atoms with Gasteiger partial charge < -0.3 is 19.7 Å². The minimum Gasteiger partial charge on any atom is -0.444 e. The van der Waals surface area contributed by atoms with Gasteiger partial charge >= 0.3 is 6.09 Å². The molecule has 0 aromatic carbocycles. The Kier molecular flexibility index (Phi) is 6.71. The standard InChI is InChI=1S/C22H34N4O4/c1-5-6-8-22(24-25-22)9-7-18(27)23-14-17-15-26(19(28)30-20(2,3)4)12-10-21(17)11-13-29-16-21/h1,17H,6-16H2,2-4H3,(H,23,27). The van der Waals surface area contributed by atoms with E-state index in [1.54, 1.807) is 4.90 Å². The van der Waals surface area contributed by atoms with E-state index >= 15 is 0 Å². The van der Waals surface area contributed by atoms with Crippen LogP contribution in [0.3, 0.4) is 0 Å². The van der Waals surface area contributed by atoms with Gasteiger partial charge in [0.05, 0.1) is 6.61 Å². The molecule has 0 aromatic heterocycles. The van der Waals surface area contributed by atoms with E-state index in [1.807, 2.05) is 20.8 Å². The summed E-state index contributed by atoms with van der Waals surface area (Å²) in [6.07, 6.45) is 9.10. The fraction of sp³-hybridized carbons (Fsp3) is 0.818. The van der Waals surface area contributed by atoms with Gasteiger partial charge in [0.1, 0.15) is 5.60 Å². The van der Waals surface area contributed by atoms with Gasteiger partial charge in [-0.1, -0.05) is 0 Å². The van der Waals surface area contributed by atoms with E-state index in [1.165, 1.54) is 0 Å². The summed E-state index contributed by atoms with van der Waals surface area (Å²) in [7, 11) is 0. The first-order valence-electron chi connectivity index (χ1n) is 10.9. The third kappa shape index (κ3) is 5.72. The highest BCUT2D eigenvalue weighted by atomic mass is 16.6. The molecule has 2 fully saturated rings. The molecule has 2 saturated heterocycles. The maximum Gasteiger partial charge on any atom is 0.410 e. The SMILES string of the molecule is C#CCCC1(CCC(=O)NCC2CN(C(=O)OC(C)(C)C)CCC23CCOC3)N=N1. The van der Waals surface area contributed by atoms with Crippen molar-refractivity contribution in [3.8, 4) is 12.3 Å². The van der Waals surface area contributed by atoms with Crippen molar-refractivity contribution >= 4 is 12.0 Å². The average Bonchev–Trinajstić information content (AvgIpc) is 3.31. The monoisotopic (exact) mass is 418 g/mol. The van der Waals surface area contributed by atoms with E-state index in [-0.39, 0.29) is 23.3 Å². The quantitative estimate of drug-likeness (QED) is 0.643. The number of terminal acetylenes is 1. The lowest BCUT2D eigenvalue weighted by Gasteiger charge is -2.45. The van der Waals surface area contributed by atoms with Gasteiger partial charge in [-0.15, -0.1) is 12.3 Å². The van der Waals surface area contributed by atoms with E-state index in [9.17, 15) is 9.59 Å². The van der Waals surface area contributed by atoms with E-state index in [4.69, 9.17) is 15.9 Å². The summed E-state index contributed by atoms with van der Waals surface area (Å²) in [6.45, 7) is 8.76. The van der Waals surface area contributed by atoms with E-state index < -0.39 is 11.3 Å². The molecular weight excluding hydrogens is 384 g/mol. The molecule has 0 bridgehead atoms. The second-order valence-corrected chi connectivity index (χ2v) is 9.73. The largest absolute Gasteiger partial charge is 0.444 e. The Balaban J connectivity index is 1.52. The number of rotatable bonds is 7. The smallest absolute Gasteiger partial charge is 0.410 e. The molecular formula is C22H34N4O4. The number of carbonyl (C=O) groups excluding carboxylic acids is 2. The van der Waals surface area contributed by atoms with Gasteiger partial charge in [-0.3, -0.25) is 4.79 Å². The van der Waals surface area contributed by atoms with Crippen molar-refractivity contribution < 1.29 is 19.1 Å². The van der Waals surface area contributed by atoms with Crippen LogP contribution in [0.2, 0.25) is 0 Å². The van der Waals surface area contributed by atoms with Crippen LogP contribution in [0.5, 0.6) is 0 Å². The summed E-state index contributed by atoms with van der Waals surface area (Å²) in [5, 5.41) is 11.2. The first-order chi connectivity index (χ1) is 14.2. The van der Waals surface area contributed by atoms with Crippen LogP contribution in [-0.2, 0) is 14.3 Å². The minimum absolute atomic E-state index is 0.0149. The molecule has 3 aliphatic heterocycles. The van der Waals surface area contributed by atoms with Crippen LogP contribution in [0, 0.1) is 23.7 Å². The number of hydrogen-bond donors (Lipinski definition) is 1. The van der Waals surface area contributed by atoms with Crippen LogP contribution >= 0.6 is 0 Å². The Bertz CT molecular complexity index is 710. The lowest BCUT2D eigenvalue weighted by atomic mass is 9.69. The molecule has 0 saturated carbocycles. The van der Waals surface area contributed by atoms with Gasteiger partial charge in [0.2, 0.25) is 5.91 Å². The Morgan fingerprint density at radius 1 is 1.30 bits per heavy atom. The average molecular weight is 419 g/mol. The van der Waals surface area contributed by atoms with Gasteiger partial charge in [0, 0.05) is 63.3 Å². The highest BCUT2D eigenvalue weighted by Gasteiger charge is 2.47. The number of carbonyl (C=O) groups is 2. The highest BCUT2D eigenvalue weighted by molar-refractivity contribution is 5.76. The maximum absolute atomic E-state index is 12.6. The number of ether oxygens (including phenoxy) is 2. The zero-order valence-electron chi connectivity index (χ0n) is 18.4. The second kappa shape index (κ2) is 8.93. The summed E-state index contributed by atoms with van der Waals surface area (Å²) in [6, 6.07) is 0. The molecule has 3 heterocycles. The Morgan fingerprint density at radius 3 is 2.67 bits per heavy atom.